The lowest BCUT2D eigenvalue weighted by Gasteiger charge is -2.09. The van der Waals surface area contributed by atoms with Crippen molar-refractivity contribution in [1.82, 2.24) is 19.9 Å². The standard InChI is InChI=1S/C21H23Cl2N5O2S/c22-14-12-16(23)19(26-13-14)25-10-9-24-18(29)8-2-1-5-11-28-20(30)15-6-3-4-7-17(15)27-21(28)31/h3-4,6-7,12-13H,1-2,5,8-11H2,(H,24,29)(H,25,26)(H,27,31). The van der Waals surface area contributed by atoms with E-state index in [0.29, 0.717) is 52.1 Å². The fourth-order valence-electron chi connectivity index (χ4n) is 3.15. The summed E-state index contributed by atoms with van der Waals surface area (Å²) in [5.74, 6) is 0.514. The molecule has 0 unspecified atom stereocenters. The average molecular weight is 480 g/mol. The third kappa shape index (κ3) is 6.53. The fraction of sp³-hybridized carbons (Fsp3) is 0.333. The van der Waals surface area contributed by atoms with Gasteiger partial charge in [0.15, 0.2) is 4.77 Å². The first-order chi connectivity index (χ1) is 15.0. The van der Waals surface area contributed by atoms with E-state index >= 15 is 0 Å². The number of anilines is 1. The fourth-order valence-corrected chi connectivity index (χ4v) is 3.88. The molecule has 0 fully saturated rings. The highest BCUT2D eigenvalue weighted by Gasteiger charge is 2.06. The smallest absolute Gasteiger partial charge is 0.262 e. The summed E-state index contributed by atoms with van der Waals surface area (Å²) < 4.78 is 2.00. The van der Waals surface area contributed by atoms with Gasteiger partial charge in [0.25, 0.3) is 5.56 Å². The summed E-state index contributed by atoms with van der Waals surface area (Å²) in [6.07, 6.45) is 4.27. The molecule has 1 amide bonds. The van der Waals surface area contributed by atoms with Crippen molar-refractivity contribution in [2.24, 2.45) is 0 Å². The van der Waals surface area contributed by atoms with E-state index in [0.717, 1.165) is 24.8 Å². The second-order valence-corrected chi connectivity index (χ2v) is 8.23. The maximum atomic E-state index is 12.6. The van der Waals surface area contributed by atoms with Crippen LogP contribution >= 0.6 is 35.4 Å². The van der Waals surface area contributed by atoms with Crippen molar-refractivity contribution in [2.45, 2.75) is 32.2 Å². The van der Waals surface area contributed by atoms with E-state index < -0.39 is 0 Å². The van der Waals surface area contributed by atoms with Crippen molar-refractivity contribution in [3.05, 3.63) is 61.7 Å². The van der Waals surface area contributed by atoms with Crippen LogP contribution in [0.3, 0.4) is 0 Å². The topological polar surface area (TPSA) is 91.8 Å². The lowest BCUT2D eigenvalue weighted by molar-refractivity contribution is -0.121. The number of pyridine rings is 1. The van der Waals surface area contributed by atoms with Gasteiger partial charge < -0.3 is 15.6 Å². The molecule has 2 aromatic heterocycles. The molecule has 1 aromatic carbocycles. The number of fused-ring (bicyclic) bond motifs is 1. The number of unbranched alkanes of at least 4 members (excludes halogenated alkanes) is 2. The van der Waals surface area contributed by atoms with E-state index in [9.17, 15) is 9.59 Å². The molecule has 3 rings (SSSR count). The summed E-state index contributed by atoms with van der Waals surface area (Å²) in [6, 6.07) is 8.93. The molecule has 164 valence electrons. The van der Waals surface area contributed by atoms with Crippen LogP contribution in [-0.2, 0) is 11.3 Å². The van der Waals surface area contributed by atoms with Gasteiger partial charge in [-0.3, -0.25) is 14.2 Å². The molecule has 3 N–H and O–H groups in total. The zero-order valence-corrected chi connectivity index (χ0v) is 19.1. The first-order valence-corrected chi connectivity index (χ1v) is 11.2. The number of hydrogen-bond donors (Lipinski definition) is 3. The number of H-pyrrole nitrogens is 1. The highest BCUT2D eigenvalue weighted by atomic mass is 35.5. The molecule has 10 heteroatoms. The number of aromatic amines is 1. The predicted octanol–water partition coefficient (Wildman–Crippen LogP) is 4.55. The molecule has 0 atom stereocenters. The quantitative estimate of drug-likeness (QED) is 0.293. The molecular weight excluding hydrogens is 457 g/mol. The average Bonchev–Trinajstić information content (AvgIpc) is 2.74. The van der Waals surface area contributed by atoms with Crippen LogP contribution in [0.2, 0.25) is 10.0 Å². The number of halogens is 2. The van der Waals surface area contributed by atoms with Gasteiger partial charge in [-0.25, -0.2) is 4.98 Å². The van der Waals surface area contributed by atoms with Crippen molar-refractivity contribution < 1.29 is 4.79 Å². The number of amides is 1. The molecule has 2 heterocycles. The van der Waals surface area contributed by atoms with Crippen molar-refractivity contribution in [2.75, 3.05) is 18.4 Å². The molecule has 0 saturated heterocycles. The van der Waals surface area contributed by atoms with Crippen molar-refractivity contribution in [3.8, 4) is 0 Å². The highest BCUT2D eigenvalue weighted by Crippen LogP contribution is 2.22. The summed E-state index contributed by atoms with van der Waals surface area (Å²) in [6.45, 7) is 1.49. The zero-order valence-electron chi connectivity index (χ0n) is 16.8. The minimum Gasteiger partial charge on any atom is -0.367 e. The predicted molar refractivity (Wildman–Crippen MR) is 128 cm³/mol. The number of para-hydroxylation sites is 1. The first-order valence-electron chi connectivity index (χ1n) is 9.99. The van der Waals surface area contributed by atoms with Gasteiger partial charge in [0.05, 0.1) is 20.9 Å². The van der Waals surface area contributed by atoms with Gasteiger partial charge in [0.2, 0.25) is 5.91 Å². The monoisotopic (exact) mass is 479 g/mol. The van der Waals surface area contributed by atoms with Crippen molar-refractivity contribution in [1.29, 1.82) is 0 Å². The van der Waals surface area contributed by atoms with E-state index in [2.05, 4.69) is 20.6 Å². The Labute approximate surface area is 194 Å². The summed E-state index contributed by atoms with van der Waals surface area (Å²) in [5, 5.41) is 7.43. The Balaban J connectivity index is 1.35. The van der Waals surface area contributed by atoms with Gasteiger partial charge in [0, 0.05) is 32.3 Å². The van der Waals surface area contributed by atoms with E-state index in [1.807, 2.05) is 18.2 Å². The third-order valence-corrected chi connectivity index (χ3v) is 5.54. The second kappa shape index (κ2) is 11.3. The SMILES string of the molecule is O=C(CCCCCn1c(=S)[nH]c2ccccc2c1=O)NCCNc1ncc(Cl)cc1Cl. The summed E-state index contributed by atoms with van der Waals surface area (Å²) >= 11 is 17.2. The van der Waals surface area contributed by atoms with Crippen LogP contribution in [0.4, 0.5) is 5.82 Å². The molecule has 0 aliphatic rings. The van der Waals surface area contributed by atoms with Crippen molar-refractivity contribution >= 4 is 58.0 Å². The first kappa shape index (κ1) is 23.2. The number of aromatic nitrogens is 3. The zero-order chi connectivity index (χ0) is 22.2. The molecule has 0 aliphatic heterocycles. The van der Waals surface area contributed by atoms with Crippen LogP contribution in [0.25, 0.3) is 10.9 Å². The van der Waals surface area contributed by atoms with Gasteiger partial charge >= 0.3 is 0 Å². The Morgan fingerprint density at radius 3 is 2.77 bits per heavy atom. The summed E-state index contributed by atoms with van der Waals surface area (Å²) in [5.41, 5.74) is 0.661. The lowest BCUT2D eigenvalue weighted by atomic mass is 10.2. The number of benzene rings is 1. The van der Waals surface area contributed by atoms with E-state index in [-0.39, 0.29) is 11.5 Å². The highest BCUT2D eigenvalue weighted by molar-refractivity contribution is 7.71. The van der Waals surface area contributed by atoms with Gasteiger partial charge in [-0.1, -0.05) is 41.8 Å². The largest absolute Gasteiger partial charge is 0.367 e. The minimum atomic E-state index is -0.0835. The van der Waals surface area contributed by atoms with Gasteiger partial charge in [-0.15, -0.1) is 0 Å². The van der Waals surface area contributed by atoms with Crippen molar-refractivity contribution in [3.63, 3.8) is 0 Å². The van der Waals surface area contributed by atoms with Crippen LogP contribution < -0.4 is 16.2 Å². The molecular formula is C21H23Cl2N5O2S. The number of hydrogen-bond acceptors (Lipinski definition) is 5. The van der Waals surface area contributed by atoms with Crippen LogP contribution in [0.1, 0.15) is 25.7 Å². The molecule has 0 radical (unpaired) electrons. The molecule has 0 saturated carbocycles. The number of nitrogens with zero attached hydrogens (tertiary/aromatic N) is 2. The Morgan fingerprint density at radius 2 is 1.97 bits per heavy atom. The Hall–Kier alpha value is -2.42. The molecule has 0 bridgehead atoms. The number of carbonyl (C=O) groups excluding carboxylic acids is 1. The molecule has 0 spiro atoms. The minimum absolute atomic E-state index is 0.0165. The third-order valence-electron chi connectivity index (χ3n) is 4.72. The molecule has 31 heavy (non-hydrogen) atoms. The maximum Gasteiger partial charge on any atom is 0.262 e. The Kier molecular flexibility index (Phi) is 8.45. The van der Waals surface area contributed by atoms with E-state index in [4.69, 9.17) is 35.4 Å². The van der Waals surface area contributed by atoms with Gasteiger partial charge in [-0.05, 0) is 43.3 Å². The summed E-state index contributed by atoms with van der Waals surface area (Å²) in [4.78, 5) is 31.8. The lowest BCUT2D eigenvalue weighted by Crippen LogP contribution is -2.28. The van der Waals surface area contributed by atoms with Crippen LogP contribution in [-0.4, -0.2) is 33.5 Å². The Morgan fingerprint density at radius 1 is 1.16 bits per heavy atom. The maximum absolute atomic E-state index is 12.6. The Bertz CT molecular complexity index is 1180. The summed E-state index contributed by atoms with van der Waals surface area (Å²) in [7, 11) is 0. The molecule has 3 aromatic rings. The second-order valence-electron chi connectivity index (χ2n) is 7.00. The van der Waals surface area contributed by atoms with Crippen LogP contribution in [0.15, 0.2) is 41.3 Å². The van der Waals surface area contributed by atoms with Crippen LogP contribution in [0, 0.1) is 4.77 Å². The van der Waals surface area contributed by atoms with E-state index in [1.165, 1.54) is 6.20 Å². The van der Waals surface area contributed by atoms with Gasteiger partial charge in [0.1, 0.15) is 5.82 Å². The number of nitrogens with one attached hydrogen (secondary N) is 3. The van der Waals surface area contributed by atoms with Crippen LogP contribution in [0.5, 0.6) is 0 Å². The molecule has 7 nitrogen and oxygen atoms in total. The number of carbonyl (C=O) groups is 1. The molecule has 0 aliphatic carbocycles. The number of rotatable bonds is 10. The van der Waals surface area contributed by atoms with Gasteiger partial charge in [-0.2, -0.15) is 0 Å². The normalized spacial score (nSPS) is 10.9. The van der Waals surface area contributed by atoms with E-state index in [1.54, 1.807) is 16.7 Å².